The molecule has 0 aliphatic carbocycles. The molecule has 0 bridgehead atoms. The second-order valence-electron chi connectivity index (χ2n) is 4.14. The van der Waals surface area contributed by atoms with Crippen molar-refractivity contribution in [2.45, 2.75) is 19.8 Å². The molecule has 6 heteroatoms. The van der Waals surface area contributed by atoms with Crippen molar-refractivity contribution in [1.82, 2.24) is 5.32 Å². The van der Waals surface area contributed by atoms with Crippen LogP contribution in [0.15, 0.2) is 23.4 Å². The van der Waals surface area contributed by atoms with E-state index in [1.54, 1.807) is 19.2 Å². The number of nitrogens with two attached hydrogens (primary N) is 1. The van der Waals surface area contributed by atoms with Gasteiger partial charge in [-0.05, 0) is 31.0 Å². The smallest absolute Gasteiger partial charge is 0.251 e. The van der Waals surface area contributed by atoms with Crippen molar-refractivity contribution >= 4 is 11.7 Å². The van der Waals surface area contributed by atoms with Crippen LogP contribution in [0.2, 0.25) is 0 Å². The van der Waals surface area contributed by atoms with Crippen LogP contribution < -0.4 is 15.8 Å². The molecule has 1 amide bonds. The molecule has 0 unspecified atom stereocenters. The van der Waals surface area contributed by atoms with Gasteiger partial charge >= 0.3 is 0 Å². The van der Waals surface area contributed by atoms with Gasteiger partial charge in [-0.2, -0.15) is 0 Å². The SMILES string of the molecule is COc1cc(C(=O)NCCCC(N)=NO)ccc1C. The fourth-order valence-electron chi connectivity index (χ4n) is 1.58. The topological polar surface area (TPSA) is 96.9 Å². The van der Waals surface area contributed by atoms with Crippen molar-refractivity contribution in [3.63, 3.8) is 0 Å². The number of rotatable bonds is 6. The Bertz CT molecular complexity index is 472. The van der Waals surface area contributed by atoms with Crippen LogP contribution in [-0.4, -0.2) is 30.6 Å². The molecule has 0 fully saturated rings. The van der Waals surface area contributed by atoms with Crippen LogP contribution >= 0.6 is 0 Å². The molecule has 0 aliphatic rings. The van der Waals surface area contributed by atoms with Gasteiger partial charge in [-0.15, -0.1) is 0 Å². The van der Waals surface area contributed by atoms with Crippen LogP contribution in [-0.2, 0) is 0 Å². The minimum Gasteiger partial charge on any atom is -0.496 e. The van der Waals surface area contributed by atoms with E-state index >= 15 is 0 Å². The maximum Gasteiger partial charge on any atom is 0.251 e. The number of nitrogens with one attached hydrogen (secondary N) is 1. The van der Waals surface area contributed by atoms with Gasteiger partial charge in [-0.1, -0.05) is 11.2 Å². The Hall–Kier alpha value is -2.24. The number of carbonyl (C=O) groups is 1. The first-order chi connectivity index (χ1) is 9.08. The summed E-state index contributed by atoms with van der Waals surface area (Å²) in [6.45, 7) is 2.38. The van der Waals surface area contributed by atoms with Gasteiger partial charge in [-0.3, -0.25) is 4.79 Å². The van der Waals surface area contributed by atoms with Gasteiger partial charge in [0.05, 0.1) is 7.11 Å². The van der Waals surface area contributed by atoms with Crippen LogP contribution in [0.4, 0.5) is 0 Å². The third kappa shape index (κ3) is 4.50. The summed E-state index contributed by atoms with van der Waals surface area (Å²) in [6.07, 6.45) is 1.05. The van der Waals surface area contributed by atoms with E-state index in [1.807, 2.05) is 13.0 Å². The Morgan fingerprint density at radius 3 is 2.89 bits per heavy atom. The predicted octanol–water partition coefficient (Wildman–Crippen LogP) is 1.26. The summed E-state index contributed by atoms with van der Waals surface area (Å²) in [6, 6.07) is 5.29. The summed E-state index contributed by atoms with van der Waals surface area (Å²) in [5.41, 5.74) is 6.85. The van der Waals surface area contributed by atoms with Crippen molar-refractivity contribution in [3.05, 3.63) is 29.3 Å². The summed E-state index contributed by atoms with van der Waals surface area (Å²) >= 11 is 0. The Morgan fingerprint density at radius 1 is 1.53 bits per heavy atom. The lowest BCUT2D eigenvalue weighted by Gasteiger charge is -2.08. The molecule has 1 rings (SSSR count). The van der Waals surface area contributed by atoms with Crippen molar-refractivity contribution < 1.29 is 14.7 Å². The van der Waals surface area contributed by atoms with Gasteiger partial charge in [0, 0.05) is 18.5 Å². The van der Waals surface area contributed by atoms with Gasteiger partial charge in [0.2, 0.25) is 0 Å². The molecule has 0 aliphatic heterocycles. The molecule has 0 aromatic heterocycles. The van der Waals surface area contributed by atoms with Gasteiger partial charge < -0.3 is 21.0 Å². The summed E-state index contributed by atoms with van der Waals surface area (Å²) in [5, 5.41) is 14.0. The van der Waals surface area contributed by atoms with Crippen LogP contribution in [0.1, 0.15) is 28.8 Å². The van der Waals surface area contributed by atoms with Crippen molar-refractivity contribution in [1.29, 1.82) is 0 Å². The number of benzene rings is 1. The maximum atomic E-state index is 11.9. The standard InChI is InChI=1S/C13H19N3O3/c1-9-5-6-10(8-11(9)19-2)13(17)15-7-3-4-12(14)16-18/h5-6,8,18H,3-4,7H2,1-2H3,(H2,14,16)(H,15,17). The predicted molar refractivity (Wildman–Crippen MR) is 72.7 cm³/mol. The summed E-state index contributed by atoms with van der Waals surface area (Å²) < 4.78 is 5.17. The summed E-state index contributed by atoms with van der Waals surface area (Å²) in [5.74, 6) is 0.674. The number of nitrogens with zero attached hydrogens (tertiary/aromatic N) is 1. The monoisotopic (exact) mass is 265 g/mol. The fourth-order valence-corrected chi connectivity index (χ4v) is 1.58. The first-order valence-corrected chi connectivity index (χ1v) is 5.97. The van der Waals surface area contributed by atoms with Gasteiger partial charge in [0.15, 0.2) is 0 Å². The fraction of sp³-hybridized carbons (Fsp3) is 0.385. The van der Waals surface area contributed by atoms with Crippen LogP contribution in [0.5, 0.6) is 5.75 Å². The lowest BCUT2D eigenvalue weighted by atomic mass is 10.1. The molecule has 0 spiro atoms. The van der Waals surface area contributed by atoms with Crippen molar-refractivity contribution in [3.8, 4) is 5.75 Å². The van der Waals surface area contributed by atoms with Crippen LogP contribution in [0, 0.1) is 6.92 Å². The highest BCUT2D eigenvalue weighted by molar-refractivity contribution is 5.94. The Labute approximate surface area is 112 Å². The molecule has 0 atom stereocenters. The third-order valence-electron chi connectivity index (χ3n) is 2.69. The lowest BCUT2D eigenvalue weighted by molar-refractivity contribution is 0.0953. The van der Waals surface area contributed by atoms with Crippen LogP contribution in [0.25, 0.3) is 0 Å². The molecular formula is C13H19N3O3. The van der Waals surface area contributed by atoms with E-state index < -0.39 is 0 Å². The van der Waals surface area contributed by atoms with E-state index in [0.717, 1.165) is 5.56 Å². The first-order valence-electron chi connectivity index (χ1n) is 5.97. The number of methoxy groups -OCH3 is 1. The molecule has 104 valence electrons. The molecule has 4 N–H and O–H groups in total. The number of amides is 1. The summed E-state index contributed by atoms with van der Waals surface area (Å²) in [7, 11) is 1.57. The average Bonchev–Trinajstić information content (AvgIpc) is 2.43. The molecule has 0 saturated heterocycles. The van der Waals surface area contributed by atoms with E-state index in [0.29, 0.717) is 30.7 Å². The third-order valence-corrected chi connectivity index (χ3v) is 2.69. The Morgan fingerprint density at radius 2 is 2.26 bits per heavy atom. The number of carbonyl (C=O) groups excluding carboxylic acids is 1. The quantitative estimate of drug-likeness (QED) is 0.237. The zero-order valence-corrected chi connectivity index (χ0v) is 11.1. The summed E-state index contributed by atoms with van der Waals surface area (Å²) in [4.78, 5) is 11.9. The molecule has 1 aromatic rings. The highest BCUT2D eigenvalue weighted by Gasteiger charge is 2.07. The second kappa shape index (κ2) is 7.25. The highest BCUT2D eigenvalue weighted by Crippen LogP contribution is 2.18. The second-order valence-corrected chi connectivity index (χ2v) is 4.14. The molecule has 0 saturated carbocycles. The molecule has 1 aromatic carbocycles. The maximum absolute atomic E-state index is 11.9. The minimum atomic E-state index is -0.169. The lowest BCUT2D eigenvalue weighted by Crippen LogP contribution is -2.25. The number of amidine groups is 1. The molecular weight excluding hydrogens is 246 g/mol. The van der Waals surface area contributed by atoms with Crippen molar-refractivity contribution in [2.24, 2.45) is 10.9 Å². The van der Waals surface area contributed by atoms with Gasteiger partial charge in [0.1, 0.15) is 11.6 Å². The van der Waals surface area contributed by atoms with Gasteiger partial charge in [-0.25, -0.2) is 0 Å². The number of aryl methyl sites for hydroxylation is 1. The number of hydrogen-bond donors (Lipinski definition) is 3. The first kappa shape index (κ1) is 14.8. The highest BCUT2D eigenvalue weighted by atomic mass is 16.5. The number of ether oxygens (including phenoxy) is 1. The zero-order valence-electron chi connectivity index (χ0n) is 11.1. The Balaban J connectivity index is 2.50. The van der Waals surface area contributed by atoms with E-state index in [1.165, 1.54) is 0 Å². The Kier molecular flexibility index (Phi) is 5.66. The molecule has 0 radical (unpaired) electrons. The zero-order chi connectivity index (χ0) is 14.3. The van der Waals surface area contributed by atoms with E-state index in [2.05, 4.69) is 10.5 Å². The molecule has 0 heterocycles. The number of hydrogen-bond acceptors (Lipinski definition) is 4. The van der Waals surface area contributed by atoms with Crippen molar-refractivity contribution in [2.75, 3.05) is 13.7 Å². The molecule has 6 nitrogen and oxygen atoms in total. The van der Waals surface area contributed by atoms with E-state index in [4.69, 9.17) is 15.7 Å². The van der Waals surface area contributed by atoms with E-state index in [-0.39, 0.29) is 11.7 Å². The largest absolute Gasteiger partial charge is 0.496 e. The average molecular weight is 265 g/mol. The van der Waals surface area contributed by atoms with Gasteiger partial charge in [0.25, 0.3) is 5.91 Å². The minimum absolute atomic E-state index is 0.159. The molecule has 19 heavy (non-hydrogen) atoms. The normalized spacial score (nSPS) is 11.2. The van der Waals surface area contributed by atoms with Crippen LogP contribution in [0.3, 0.4) is 0 Å². The number of oxime groups is 1. The van der Waals surface area contributed by atoms with E-state index in [9.17, 15) is 4.79 Å².